The summed E-state index contributed by atoms with van der Waals surface area (Å²) in [5, 5.41) is 0. The van der Waals surface area contributed by atoms with Crippen molar-refractivity contribution in [2.75, 3.05) is 0 Å². The molecule has 0 radical (unpaired) electrons. The minimum atomic E-state index is -0.616. The van der Waals surface area contributed by atoms with Gasteiger partial charge >= 0.3 is 0 Å². The van der Waals surface area contributed by atoms with Gasteiger partial charge in [0, 0.05) is 0 Å². The third kappa shape index (κ3) is 8.40. The van der Waals surface area contributed by atoms with E-state index in [0.29, 0.717) is 29.9 Å². The van der Waals surface area contributed by atoms with E-state index in [0.717, 1.165) is 37.0 Å². The number of fused-ring (bicyclic) bond motifs is 1. The van der Waals surface area contributed by atoms with Crippen molar-refractivity contribution in [3.8, 4) is 11.1 Å². The highest BCUT2D eigenvalue weighted by Crippen LogP contribution is 2.47. The summed E-state index contributed by atoms with van der Waals surface area (Å²) >= 11 is 0. The first-order valence-electron chi connectivity index (χ1n) is 16.3. The third-order valence-electron chi connectivity index (χ3n) is 9.95. The second-order valence-electron chi connectivity index (χ2n) is 13.0. The first-order valence-corrected chi connectivity index (χ1v) is 16.3. The van der Waals surface area contributed by atoms with Crippen molar-refractivity contribution in [2.24, 2.45) is 23.7 Å². The first-order chi connectivity index (χ1) is 19.4. The molecule has 4 rings (SSSR count). The molecule has 2 aliphatic rings. The molecule has 2 saturated carbocycles. The van der Waals surface area contributed by atoms with Crippen LogP contribution in [0.15, 0.2) is 71.3 Å². The maximum Gasteiger partial charge on any atom is 0.157 e. The number of hydrogen-bond donors (Lipinski definition) is 0. The van der Waals surface area contributed by atoms with Crippen LogP contribution in [0.5, 0.6) is 0 Å². The van der Waals surface area contributed by atoms with Gasteiger partial charge in [-0.05, 0) is 135 Å². The summed E-state index contributed by atoms with van der Waals surface area (Å²) in [6.07, 6.45) is 16.0. The molecular weight excluding hydrogens is 494 g/mol. The van der Waals surface area contributed by atoms with E-state index < -0.39 is 11.7 Å². The molecule has 0 N–H and O–H groups in total. The summed E-state index contributed by atoms with van der Waals surface area (Å²) in [6.45, 7) is 7.73. The normalized spacial score (nSPS) is 24.2. The third-order valence-corrected chi connectivity index (χ3v) is 9.95. The number of benzene rings is 2. The van der Waals surface area contributed by atoms with Gasteiger partial charge in [-0.3, -0.25) is 0 Å². The molecule has 0 aliphatic heterocycles. The molecule has 0 nitrogen and oxygen atoms in total. The van der Waals surface area contributed by atoms with Crippen LogP contribution in [0, 0.1) is 23.7 Å². The van der Waals surface area contributed by atoms with Gasteiger partial charge in [-0.1, -0.05) is 88.1 Å². The molecular formula is C38H52F2. The topological polar surface area (TPSA) is 0 Å². The van der Waals surface area contributed by atoms with E-state index in [2.05, 4.69) is 55.5 Å². The highest BCUT2D eigenvalue weighted by atomic mass is 19.2. The van der Waals surface area contributed by atoms with Crippen LogP contribution in [0.1, 0.15) is 116 Å². The molecule has 218 valence electrons. The number of halogens is 2. The van der Waals surface area contributed by atoms with Crippen molar-refractivity contribution in [1.29, 1.82) is 0 Å². The van der Waals surface area contributed by atoms with Gasteiger partial charge < -0.3 is 0 Å². The lowest BCUT2D eigenvalue weighted by Gasteiger charge is -2.42. The highest BCUT2D eigenvalue weighted by molar-refractivity contribution is 5.64. The summed E-state index contributed by atoms with van der Waals surface area (Å²) in [5.74, 6) is 2.02. The molecule has 0 heterocycles. The molecule has 2 aliphatic carbocycles. The highest BCUT2D eigenvalue weighted by Gasteiger charge is 2.35. The van der Waals surface area contributed by atoms with Crippen molar-refractivity contribution >= 4 is 0 Å². The quantitative estimate of drug-likeness (QED) is 0.232. The van der Waals surface area contributed by atoms with E-state index in [1.54, 1.807) is 13.8 Å². The van der Waals surface area contributed by atoms with Gasteiger partial charge in [-0.2, -0.15) is 0 Å². The number of allylic oxidation sites excluding steroid dienone is 4. The van der Waals surface area contributed by atoms with E-state index in [4.69, 9.17) is 0 Å². The van der Waals surface area contributed by atoms with Crippen LogP contribution >= 0.6 is 0 Å². The Morgan fingerprint density at radius 1 is 0.600 bits per heavy atom. The predicted molar refractivity (Wildman–Crippen MR) is 168 cm³/mol. The zero-order valence-electron chi connectivity index (χ0n) is 25.6. The fraction of sp³-hybridized carbons (Fsp3) is 0.579. The minimum Gasteiger partial charge on any atom is -0.204 e. The molecule has 2 aromatic rings. The van der Waals surface area contributed by atoms with E-state index in [1.807, 2.05) is 6.92 Å². The number of rotatable bonds is 12. The van der Waals surface area contributed by atoms with Gasteiger partial charge in [-0.15, -0.1) is 0 Å². The van der Waals surface area contributed by atoms with Gasteiger partial charge in [-0.25, -0.2) is 8.78 Å². The van der Waals surface area contributed by atoms with Crippen LogP contribution in [-0.2, 0) is 12.8 Å². The molecule has 0 saturated heterocycles. The van der Waals surface area contributed by atoms with Crippen molar-refractivity contribution in [2.45, 2.75) is 118 Å². The fourth-order valence-corrected chi connectivity index (χ4v) is 7.38. The van der Waals surface area contributed by atoms with Gasteiger partial charge in [0.2, 0.25) is 0 Å². The molecule has 2 heteroatoms. The maximum absolute atomic E-state index is 14.6. The minimum absolute atomic E-state index is 0.543. The maximum atomic E-state index is 14.6. The summed E-state index contributed by atoms with van der Waals surface area (Å²) in [6, 6.07) is 18.3. The second-order valence-corrected chi connectivity index (χ2v) is 13.0. The molecule has 4 atom stereocenters. The van der Waals surface area contributed by atoms with E-state index >= 15 is 0 Å². The molecule has 2 fully saturated rings. The Bertz CT molecular complexity index is 1120. The average Bonchev–Trinajstić information content (AvgIpc) is 2.99. The summed E-state index contributed by atoms with van der Waals surface area (Å²) < 4.78 is 29.0. The standard InChI is InChI=1S/C38H52F2/c1-5-7-27(3)37(39)38(40)28(4)9-10-31-17-23-36-26-32(18-24-35(36)25-31)12-11-30-15-21-34(22-16-30)33-19-13-29(8-6-2)14-20-33/h13-16,19-22,31-32,35-36H,5-12,17-18,23-26H2,1-4H3/b37-27-,38-28-. The lowest BCUT2D eigenvalue weighted by Crippen LogP contribution is -2.31. The summed E-state index contributed by atoms with van der Waals surface area (Å²) in [7, 11) is 0. The Balaban J connectivity index is 1.20. The SMILES string of the molecule is CCC/C(C)=C(F)/C(F)=C(\C)CCC1CCC2CC(CCc3ccc(-c4ccc(CCC)cc4)cc3)CCC2C1. The van der Waals surface area contributed by atoms with Crippen LogP contribution in [0.2, 0.25) is 0 Å². The van der Waals surface area contributed by atoms with Crippen molar-refractivity contribution in [1.82, 2.24) is 0 Å². The zero-order valence-corrected chi connectivity index (χ0v) is 25.6. The zero-order chi connectivity index (χ0) is 28.5. The molecule has 40 heavy (non-hydrogen) atoms. The predicted octanol–water partition coefficient (Wildman–Crippen LogP) is 12.1. The van der Waals surface area contributed by atoms with Gasteiger partial charge in [0.05, 0.1) is 0 Å². The van der Waals surface area contributed by atoms with Crippen molar-refractivity contribution < 1.29 is 8.78 Å². The molecule has 4 unspecified atom stereocenters. The van der Waals surface area contributed by atoms with Crippen LogP contribution < -0.4 is 0 Å². The lowest BCUT2D eigenvalue weighted by atomic mass is 9.63. The second kappa shape index (κ2) is 15.1. The van der Waals surface area contributed by atoms with Gasteiger partial charge in [0.25, 0.3) is 0 Å². The molecule has 0 aromatic heterocycles. The van der Waals surface area contributed by atoms with E-state index in [9.17, 15) is 8.78 Å². The molecule has 0 bridgehead atoms. The Labute approximate surface area is 243 Å². The van der Waals surface area contributed by atoms with Gasteiger partial charge in [0.1, 0.15) is 0 Å². The van der Waals surface area contributed by atoms with Crippen LogP contribution in [0.3, 0.4) is 0 Å². The summed E-state index contributed by atoms with van der Waals surface area (Å²) in [4.78, 5) is 0. The van der Waals surface area contributed by atoms with Crippen LogP contribution in [-0.4, -0.2) is 0 Å². The Morgan fingerprint density at radius 2 is 1.07 bits per heavy atom. The van der Waals surface area contributed by atoms with E-state index in [-0.39, 0.29) is 0 Å². The largest absolute Gasteiger partial charge is 0.204 e. The molecule has 0 spiro atoms. The number of hydrogen-bond acceptors (Lipinski definition) is 0. The van der Waals surface area contributed by atoms with Crippen molar-refractivity contribution in [3.05, 3.63) is 82.5 Å². The molecule has 0 amide bonds. The average molecular weight is 547 g/mol. The van der Waals surface area contributed by atoms with Crippen molar-refractivity contribution in [3.63, 3.8) is 0 Å². The Kier molecular flexibility index (Phi) is 11.6. The Hall–Kier alpha value is -2.22. The first kappa shape index (κ1) is 30.7. The fourth-order valence-electron chi connectivity index (χ4n) is 7.38. The lowest BCUT2D eigenvalue weighted by molar-refractivity contribution is 0.0924. The van der Waals surface area contributed by atoms with Crippen LogP contribution in [0.25, 0.3) is 11.1 Å². The van der Waals surface area contributed by atoms with E-state index in [1.165, 1.54) is 80.0 Å². The van der Waals surface area contributed by atoms with Gasteiger partial charge in [0.15, 0.2) is 11.7 Å². The summed E-state index contributed by atoms with van der Waals surface area (Å²) in [5.41, 5.74) is 6.64. The number of aryl methyl sites for hydroxylation is 2. The monoisotopic (exact) mass is 546 g/mol. The molecule has 2 aromatic carbocycles. The Morgan fingerprint density at radius 3 is 1.57 bits per heavy atom. The smallest absolute Gasteiger partial charge is 0.157 e. The van der Waals surface area contributed by atoms with Crippen LogP contribution in [0.4, 0.5) is 8.78 Å².